The number of hydrogen-bond acceptors (Lipinski definition) is 8. The molecule has 1 aliphatic heterocycles. The van der Waals surface area contributed by atoms with E-state index in [0.29, 0.717) is 46.2 Å². The van der Waals surface area contributed by atoms with Gasteiger partial charge in [-0.1, -0.05) is 37.6 Å². The van der Waals surface area contributed by atoms with Crippen LogP contribution in [0.1, 0.15) is 20.3 Å². The summed E-state index contributed by atoms with van der Waals surface area (Å²) < 4.78 is 13.4. The first-order chi connectivity index (χ1) is 18.2. The molecule has 1 aliphatic rings. The Morgan fingerprint density at radius 3 is 2.66 bits per heavy atom. The van der Waals surface area contributed by atoms with Crippen LogP contribution in [0.3, 0.4) is 0 Å². The zero-order valence-corrected chi connectivity index (χ0v) is 23.0. The van der Waals surface area contributed by atoms with Crippen LogP contribution in [0.2, 0.25) is 5.02 Å². The summed E-state index contributed by atoms with van der Waals surface area (Å²) in [5.74, 6) is 0.264. The molecule has 2 aromatic carbocycles. The summed E-state index contributed by atoms with van der Waals surface area (Å²) >= 11 is 7.42. The number of halogens is 1. The molecule has 2 aromatic heterocycles. The number of carbonyl (C=O) groups is 1. The van der Waals surface area contributed by atoms with Crippen molar-refractivity contribution in [3.05, 3.63) is 70.2 Å². The van der Waals surface area contributed by atoms with Gasteiger partial charge in [0.25, 0.3) is 5.56 Å². The largest absolute Gasteiger partial charge is 0.495 e. The second kappa shape index (κ2) is 10.8. The molecular weight excluding hydrogens is 524 g/mol. The predicted octanol–water partition coefficient (Wildman–Crippen LogP) is 4.88. The highest BCUT2D eigenvalue weighted by molar-refractivity contribution is 7.22. The first-order valence-corrected chi connectivity index (χ1v) is 13.6. The molecule has 2 unspecified atom stereocenters. The lowest BCUT2D eigenvalue weighted by atomic mass is 10.1. The summed E-state index contributed by atoms with van der Waals surface area (Å²) in [6.45, 7) is 5.05. The van der Waals surface area contributed by atoms with Crippen LogP contribution in [0.25, 0.3) is 26.3 Å². The van der Waals surface area contributed by atoms with Crippen LogP contribution in [-0.4, -0.2) is 47.9 Å². The van der Waals surface area contributed by atoms with E-state index in [-0.39, 0.29) is 23.6 Å². The molecule has 0 spiro atoms. The minimum Gasteiger partial charge on any atom is -0.495 e. The van der Waals surface area contributed by atoms with Crippen LogP contribution in [0.15, 0.2) is 59.7 Å². The van der Waals surface area contributed by atoms with Crippen molar-refractivity contribution in [2.75, 3.05) is 25.1 Å². The summed E-state index contributed by atoms with van der Waals surface area (Å²) in [5.41, 5.74) is 8.94. The highest BCUT2D eigenvalue weighted by atomic mass is 35.5. The fourth-order valence-corrected chi connectivity index (χ4v) is 5.66. The maximum atomic E-state index is 13.4. The van der Waals surface area contributed by atoms with Crippen molar-refractivity contribution in [1.82, 2.24) is 9.55 Å². The summed E-state index contributed by atoms with van der Waals surface area (Å²) in [7, 11) is 1.60. The molecule has 0 radical (unpaired) electrons. The molecule has 0 amide bonds. The number of benzene rings is 2. The average molecular weight is 553 g/mol. The van der Waals surface area contributed by atoms with E-state index in [1.807, 2.05) is 62.4 Å². The first kappa shape index (κ1) is 26.2. The third-order valence-corrected chi connectivity index (χ3v) is 8.18. The Hall–Kier alpha value is -3.40. The summed E-state index contributed by atoms with van der Waals surface area (Å²) in [6, 6.07) is 14.4. The Bertz CT molecular complexity index is 1530. The van der Waals surface area contributed by atoms with E-state index in [0.717, 1.165) is 16.1 Å². The second-order valence-electron chi connectivity index (χ2n) is 9.67. The third-order valence-electron chi connectivity index (χ3n) is 6.77. The molecule has 3 heterocycles. The normalized spacial score (nSPS) is 16.3. The summed E-state index contributed by atoms with van der Waals surface area (Å²) in [4.78, 5) is 33.3. The van der Waals surface area contributed by atoms with E-state index in [1.165, 1.54) is 15.9 Å². The van der Waals surface area contributed by atoms with E-state index in [4.69, 9.17) is 26.8 Å². The number of nitrogens with two attached hydrogens (primary N) is 1. The van der Waals surface area contributed by atoms with E-state index in [1.54, 1.807) is 13.4 Å². The lowest BCUT2D eigenvalue weighted by Gasteiger charge is -2.22. The minimum absolute atomic E-state index is 0.0166. The van der Waals surface area contributed by atoms with Crippen molar-refractivity contribution in [3.63, 3.8) is 0 Å². The number of esters is 1. The number of fused-ring (bicyclic) bond motifs is 1. The van der Waals surface area contributed by atoms with Gasteiger partial charge in [-0.25, -0.2) is 4.98 Å². The molecule has 4 aromatic rings. The molecule has 1 saturated heterocycles. The van der Waals surface area contributed by atoms with Crippen molar-refractivity contribution in [3.8, 4) is 21.9 Å². The molecule has 10 heteroatoms. The number of hydrogen-bond donors (Lipinski definition) is 1. The van der Waals surface area contributed by atoms with Crippen LogP contribution in [-0.2, 0) is 9.53 Å². The van der Waals surface area contributed by atoms with E-state index in [9.17, 15) is 9.59 Å². The Morgan fingerprint density at radius 1 is 1.18 bits per heavy atom. The highest BCUT2D eigenvalue weighted by Gasteiger charge is 2.30. The van der Waals surface area contributed by atoms with Crippen LogP contribution >= 0.6 is 22.9 Å². The van der Waals surface area contributed by atoms with Gasteiger partial charge in [-0.3, -0.25) is 14.2 Å². The lowest BCUT2D eigenvalue weighted by Crippen LogP contribution is -2.39. The zero-order valence-electron chi connectivity index (χ0n) is 21.4. The molecule has 5 rings (SSSR count). The molecule has 2 N–H and O–H groups in total. The van der Waals surface area contributed by atoms with Gasteiger partial charge in [-0.15, -0.1) is 11.3 Å². The number of rotatable bonds is 7. The number of anilines is 1. The molecule has 2 atom stereocenters. The zero-order chi connectivity index (χ0) is 27.0. The van der Waals surface area contributed by atoms with Crippen LogP contribution in [0.5, 0.6) is 5.75 Å². The molecule has 0 aliphatic carbocycles. The standard InChI is InChI=1S/C28H29ClN4O4S/c1-16(2)25(30)28(35)37-20-10-11-32(14-20)22-9-8-19(12-23(22)36-3)33-15-31-21-13-24(38-26(21)27(33)34)17-4-6-18(29)7-5-17/h4-9,12-13,15-16,20,25H,10-11,14,30H2,1-3H3. The predicted molar refractivity (Wildman–Crippen MR) is 152 cm³/mol. The monoisotopic (exact) mass is 552 g/mol. The Kier molecular flexibility index (Phi) is 7.43. The second-order valence-corrected chi connectivity index (χ2v) is 11.2. The number of ether oxygens (including phenoxy) is 2. The van der Waals surface area contributed by atoms with Gasteiger partial charge in [0.2, 0.25) is 0 Å². The van der Waals surface area contributed by atoms with Crippen molar-refractivity contribution >= 4 is 44.8 Å². The number of methoxy groups -OCH3 is 1. The maximum Gasteiger partial charge on any atom is 0.323 e. The number of aromatic nitrogens is 2. The van der Waals surface area contributed by atoms with Gasteiger partial charge in [-0.05, 0) is 41.8 Å². The summed E-state index contributed by atoms with van der Waals surface area (Å²) in [6.07, 6.45) is 2.01. The Labute approximate surface area is 229 Å². The van der Waals surface area contributed by atoms with Gasteiger partial charge in [0.05, 0.1) is 30.5 Å². The van der Waals surface area contributed by atoms with Crippen molar-refractivity contribution in [2.24, 2.45) is 11.7 Å². The fourth-order valence-electron chi connectivity index (χ4n) is 4.49. The lowest BCUT2D eigenvalue weighted by molar-refractivity contribution is -0.150. The molecule has 38 heavy (non-hydrogen) atoms. The fraction of sp³-hybridized carbons (Fsp3) is 0.321. The minimum atomic E-state index is -0.632. The van der Waals surface area contributed by atoms with Crippen molar-refractivity contribution in [2.45, 2.75) is 32.4 Å². The topological polar surface area (TPSA) is 99.7 Å². The van der Waals surface area contributed by atoms with Crippen LogP contribution in [0, 0.1) is 5.92 Å². The Balaban J connectivity index is 1.39. The average Bonchev–Trinajstić information content (AvgIpc) is 3.56. The first-order valence-electron chi connectivity index (χ1n) is 12.4. The highest BCUT2D eigenvalue weighted by Crippen LogP contribution is 2.34. The van der Waals surface area contributed by atoms with Gasteiger partial charge < -0.3 is 20.1 Å². The molecule has 198 valence electrons. The summed E-state index contributed by atoms with van der Waals surface area (Å²) in [5, 5.41) is 0.661. The van der Waals surface area contributed by atoms with Gasteiger partial charge in [0, 0.05) is 28.9 Å². The molecule has 0 saturated carbocycles. The maximum absolute atomic E-state index is 13.4. The van der Waals surface area contributed by atoms with Crippen molar-refractivity contribution < 1.29 is 14.3 Å². The molecule has 8 nitrogen and oxygen atoms in total. The quantitative estimate of drug-likeness (QED) is 0.326. The molecular formula is C28H29ClN4O4S. The SMILES string of the molecule is COc1cc(-n2cnc3cc(-c4ccc(Cl)cc4)sc3c2=O)ccc1N1CCC(OC(=O)C(N)C(C)C)C1. The van der Waals surface area contributed by atoms with E-state index in [2.05, 4.69) is 9.88 Å². The van der Waals surface area contributed by atoms with Gasteiger partial charge in [-0.2, -0.15) is 0 Å². The third kappa shape index (κ3) is 5.14. The van der Waals surface area contributed by atoms with Crippen molar-refractivity contribution in [1.29, 1.82) is 0 Å². The number of nitrogens with zero attached hydrogens (tertiary/aromatic N) is 3. The van der Waals surface area contributed by atoms with Crippen LogP contribution in [0.4, 0.5) is 5.69 Å². The van der Waals surface area contributed by atoms with Gasteiger partial charge in [0.15, 0.2) is 0 Å². The number of carbonyl (C=O) groups excluding carboxylic acids is 1. The van der Waals surface area contributed by atoms with Crippen LogP contribution < -0.4 is 20.9 Å². The van der Waals surface area contributed by atoms with Gasteiger partial charge in [0.1, 0.15) is 28.9 Å². The van der Waals surface area contributed by atoms with E-state index < -0.39 is 6.04 Å². The smallest absolute Gasteiger partial charge is 0.323 e. The van der Waals surface area contributed by atoms with E-state index >= 15 is 0 Å². The van der Waals surface area contributed by atoms with Gasteiger partial charge >= 0.3 is 5.97 Å². The molecule has 0 bridgehead atoms. The Morgan fingerprint density at radius 2 is 1.95 bits per heavy atom. The molecule has 1 fully saturated rings. The number of thiophene rings is 1.